The first-order valence-electron chi connectivity index (χ1n) is 11.5. The number of imidazole rings is 1. The van der Waals surface area contributed by atoms with Crippen LogP contribution in [0, 0.1) is 0 Å². The quantitative estimate of drug-likeness (QED) is 0.478. The first-order chi connectivity index (χ1) is 16.2. The smallest absolute Gasteiger partial charge is 0.295 e. The maximum absolute atomic E-state index is 6.66. The summed E-state index contributed by atoms with van der Waals surface area (Å²) < 4.78 is 19.7. The first-order valence-corrected chi connectivity index (χ1v) is 11.9. The molecule has 2 aromatic carbocycles. The molecule has 2 saturated heterocycles. The molecule has 1 N–H and O–H groups in total. The molecule has 7 rings (SSSR count). The summed E-state index contributed by atoms with van der Waals surface area (Å²) in [6.07, 6.45) is 5.12. The van der Waals surface area contributed by atoms with E-state index in [0.717, 1.165) is 48.2 Å². The van der Waals surface area contributed by atoms with Gasteiger partial charge >= 0.3 is 0 Å². The Kier molecular flexibility index (Phi) is 4.50. The topological polar surface area (TPSA) is 74.2 Å². The zero-order chi connectivity index (χ0) is 21.9. The van der Waals surface area contributed by atoms with Gasteiger partial charge in [-0.3, -0.25) is 4.68 Å². The highest BCUT2D eigenvalue weighted by molar-refractivity contribution is 6.34. The van der Waals surface area contributed by atoms with E-state index in [1.165, 1.54) is 23.2 Å². The van der Waals surface area contributed by atoms with E-state index >= 15 is 0 Å². The van der Waals surface area contributed by atoms with E-state index < -0.39 is 0 Å². The number of H-pyrrole nitrogens is 1. The molecular formula is C25H23ClN4O3. The largest absolute Gasteiger partial charge is 0.456 e. The molecule has 3 unspecified atom stereocenters. The van der Waals surface area contributed by atoms with E-state index in [-0.39, 0.29) is 18.3 Å². The van der Waals surface area contributed by atoms with Crippen LogP contribution in [0.3, 0.4) is 0 Å². The second-order valence-corrected chi connectivity index (χ2v) is 9.36. The Morgan fingerprint density at radius 3 is 2.82 bits per heavy atom. The van der Waals surface area contributed by atoms with Crippen molar-refractivity contribution in [1.82, 2.24) is 19.7 Å². The van der Waals surface area contributed by atoms with Crippen LogP contribution in [0.2, 0.25) is 5.02 Å². The summed E-state index contributed by atoms with van der Waals surface area (Å²) in [5, 5.41) is 5.18. The minimum absolute atomic E-state index is 0.0202. The fourth-order valence-electron chi connectivity index (χ4n) is 5.29. The van der Waals surface area contributed by atoms with Gasteiger partial charge in [-0.1, -0.05) is 35.9 Å². The molecule has 7 nitrogen and oxygen atoms in total. The minimum Gasteiger partial charge on any atom is -0.456 e. The normalized spacial score (nSPS) is 23.8. The van der Waals surface area contributed by atoms with Crippen LogP contribution >= 0.6 is 11.6 Å². The first kappa shape index (κ1) is 19.6. The molecule has 5 heterocycles. The van der Waals surface area contributed by atoms with E-state index in [0.29, 0.717) is 17.6 Å². The maximum Gasteiger partial charge on any atom is 0.295 e. The summed E-state index contributed by atoms with van der Waals surface area (Å²) in [5.41, 5.74) is 7.37. The molecule has 8 heteroatoms. The molecule has 3 atom stereocenters. The predicted octanol–water partition coefficient (Wildman–Crippen LogP) is 4.63. The Morgan fingerprint density at radius 1 is 1.09 bits per heavy atom. The molecule has 0 amide bonds. The van der Waals surface area contributed by atoms with Crippen molar-refractivity contribution in [1.29, 1.82) is 0 Å². The van der Waals surface area contributed by atoms with Gasteiger partial charge in [0.1, 0.15) is 6.10 Å². The molecular weight excluding hydrogens is 440 g/mol. The summed E-state index contributed by atoms with van der Waals surface area (Å²) in [6, 6.07) is 12.9. The van der Waals surface area contributed by atoms with Crippen molar-refractivity contribution in [2.45, 2.75) is 44.1 Å². The van der Waals surface area contributed by atoms with Gasteiger partial charge in [0.05, 0.1) is 35.0 Å². The van der Waals surface area contributed by atoms with Crippen molar-refractivity contribution in [3.8, 4) is 28.3 Å². The number of halogens is 1. The average molecular weight is 463 g/mol. The van der Waals surface area contributed by atoms with Gasteiger partial charge < -0.3 is 19.2 Å². The number of hydrogen-bond acceptors (Lipinski definition) is 5. The summed E-state index contributed by atoms with van der Waals surface area (Å²) in [5.74, 6) is 0. The zero-order valence-electron chi connectivity index (χ0n) is 18.0. The van der Waals surface area contributed by atoms with Gasteiger partial charge in [-0.2, -0.15) is 10.1 Å². The van der Waals surface area contributed by atoms with Crippen molar-refractivity contribution >= 4 is 22.6 Å². The number of nitrogens with zero attached hydrogens (tertiary/aromatic N) is 3. The van der Waals surface area contributed by atoms with E-state index in [4.69, 9.17) is 25.8 Å². The van der Waals surface area contributed by atoms with Gasteiger partial charge in [0, 0.05) is 30.0 Å². The summed E-state index contributed by atoms with van der Waals surface area (Å²) in [6.45, 7) is 2.25. The second kappa shape index (κ2) is 7.58. The van der Waals surface area contributed by atoms with Gasteiger partial charge in [0.25, 0.3) is 6.01 Å². The highest BCUT2D eigenvalue weighted by Crippen LogP contribution is 2.35. The number of fused-ring (bicyclic) bond motifs is 3. The Morgan fingerprint density at radius 2 is 1.94 bits per heavy atom. The average Bonchev–Trinajstić information content (AvgIpc) is 3.61. The Balaban J connectivity index is 1.16. The third-order valence-corrected chi connectivity index (χ3v) is 7.28. The molecule has 168 valence electrons. The number of aromatic amines is 1. The van der Waals surface area contributed by atoms with Crippen molar-refractivity contribution in [2.24, 2.45) is 0 Å². The lowest BCUT2D eigenvalue weighted by Crippen LogP contribution is -2.32. The minimum atomic E-state index is -0.147. The number of aromatic nitrogens is 4. The third kappa shape index (κ3) is 3.26. The van der Waals surface area contributed by atoms with Crippen LogP contribution in [0.1, 0.15) is 18.5 Å². The number of hydrogen-bond donors (Lipinski definition) is 1. The maximum atomic E-state index is 6.66. The molecule has 3 aliphatic heterocycles. The monoisotopic (exact) mass is 462 g/mol. The van der Waals surface area contributed by atoms with Gasteiger partial charge in [-0.25, -0.2) is 0 Å². The molecule has 0 bridgehead atoms. The molecule has 0 radical (unpaired) electrons. The van der Waals surface area contributed by atoms with Gasteiger partial charge in [0.15, 0.2) is 6.10 Å². The molecule has 2 fully saturated rings. The molecule has 0 saturated carbocycles. The Bertz CT molecular complexity index is 1350. The number of aryl methyl sites for hydroxylation is 1. The Hall–Kier alpha value is -2.87. The van der Waals surface area contributed by atoms with Crippen molar-refractivity contribution in [2.75, 3.05) is 13.2 Å². The standard InChI is InChI=1S/C25H23ClN4O3/c26-18-11-20-19(28-25(29-20)33-23-13-32-22-7-9-31-24(22)23)10-16(18)14-3-5-15(6-4-14)17-12-27-30-8-1-2-21(17)30/h3-6,10-12,22-24H,1-2,7-9,13H2,(H,28,29). The van der Waals surface area contributed by atoms with E-state index in [9.17, 15) is 0 Å². The molecule has 0 spiro atoms. The molecule has 4 aromatic rings. The summed E-state index contributed by atoms with van der Waals surface area (Å²) >= 11 is 6.66. The summed E-state index contributed by atoms with van der Waals surface area (Å²) in [7, 11) is 0. The van der Waals surface area contributed by atoms with Crippen LogP contribution < -0.4 is 4.74 Å². The molecule has 0 aliphatic carbocycles. The van der Waals surface area contributed by atoms with Crippen molar-refractivity contribution in [3.63, 3.8) is 0 Å². The fraction of sp³-hybridized carbons (Fsp3) is 0.360. The lowest BCUT2D eigenvalue weighted by atomic mass is 9.99. The van der Waals surface area contributed by atoms with E-state index in [1.807, 2.05) is 18.3 Å². The molecule has 2 aromatic heterocycles. The number of rotatable bonds is 4. The lowest BCUT2D eigenvalue weighted by Gasteiger charge is -2.15. The van der Waals surface area contributed by atoms with E-state index in [2.05, 4.69) is 44.0 Å². The van der Waals surface area contributed by atoms with Crippen LogP contribution in [-0.2, 0) is 22.4 Å². The SMILES string of the molecule is Clc1cc2[nH]c(OC3COC4CCOC43)nc2cc1-c1ccc(-c2cnn3c2CCC3)cc1. The fourth-order valence-corrected chi connectivity index (χ4v) is 5.57. The van der Waals surface area contributed by atoms with Gasteiger partial charge in [-0.05, 0) is 42.5 Å². The van der Waals surface area contributed by atoms with Crippen LogP contribution in [0.25, 0.3) is 33.3 Å². The number of benzene rings is 2. The van der Waals surface area contributed by atoms with Gasteiger partial charge in [0.2, 0.25) is 0 Å². The number of ether oxygens (including phenoxy) is 3. The number of nitrogens with one attached hydrogen (secondary N) is 1. The lowest BCUT2D eigenvalue weighted by molar-refractivity contribution is 0.0273. The van der Waals surface area contributed by atoms with Gasteiger partial charge in [-0.15, -0.1) is 0 Å². The summed E-state index contributed by atoms with van der Waals surface area (Å²) in [4.78, 5) is 7.89. The van der Waals surface area contributed by atoms with Crippen LogP contribution in [-0.4, -0.2) is 51.3 Å². The Labute approximate surface area is 195 Å². The molecule has 33 heavy (non-hydrogen) atoms. The van der Waals surface area contributed by atoms with Crippen LogP contribution in [0.15, 0.2) is 42.6 Å². The predicted molar refractivity (Wildman–Crippen MR) is 125 cm³/mol. The zero-order valence-corrected chi connectivity index (χ0v) is 18.7. The van der Waals surface area contributed by atoms with Crippen LogP contribution in [0.4, 0.5) is 0 Å². The van der Waals surface area contributed by atoms with Crippen molar-refractivity contribution < 1.29 is 14.2 Å². The third-order valence-electron chi connectivity index (χ3n) is 6.97. The van der Waals surface area contributed by atoms with Crippen LogP contribution in [0.5, 0.6) is 6.01 Å². The van der Waals surface area contributed by atoms with Crippen molar-refractivity contribution in [3.05, 3.63) is 53.3 Å². The van der Waals surface area contributed by atoms with E-state index in [1.54, 1.807) is 0 Å². The second-order valence-electron chi connectivity index (χ2n) is 8.95. The highest BCUT2D eigenvalue weighted by atomic mass is 35.5. The highest BCUT2D eigenvalue weighted by Gasteiger charge is 2.43. The molecule has 3 aliphatic rings.